The molecular weight excluding hydrogens is 262 g/mol. The Morgan fingerprint density at radius 2 is 2.00 bits per heavy atom. The van der Waals surface area contributed by atoms with Crippen LogP contribution in [0.3, 0.4) is 0 Å². The molecule has 1 aromatic carbocycles. The second-order valence-electron chi connectivity index (χ2n) is 4.25. The standard InChI is InChI=1S/C14H14ClN3O/c1-9(10-2-4-17-5-3-10)18-14(19)11-6-12(15)8-13(16)7-11/h2-9H,16H2,1H3,(H,18,19). The van der Waals surface area contributed by atoms with Crippen LogP contribution in [-0.4, -0.2) is 10.9 Å². The molecule has 98 valence electrons. The van der Waals surface area contributed by atoms with Crippen molar-refractivity contribution >= 4 is 23.2 Å². The fourth-order valence-corrected chi connectivity index (χ4v) is 2.00. The zero-order valence-corrected chi connectivity index (χ0v) is 11.2. The molecular formula is C14H14ClN3O. The Labute approximate surface area is 116 Å². The average Bonchev–Trinajstić information content (AvgIpc) is 2.38. The van der Waals surface area contributed by atoms with Crippen molar-refractivity contribution < 1.29 is 4.79 Å². The number of hydrogen-bond donors (Lipinski definition) is 2. The summed E-state index contributed by atoms with van der Waals surface area (Å²) in [5.74, 6) is -0.210. The topological polar surface area (TPSA) is 68.0 Å². The molecule has 0 saturated heterocycles. The van der Waals surface area contributed by atoms with Crippen LogP contribution in [-0.2, 0) is 0 Å². The lowest BCUT2D eigenvalue weighted by molar-refractivity contribution is 0.0940. The number of rotatable bonds is 3. The van der Waals surface area contributed by atoms with Gasteiger partial charge in [0.15, 0.2) is 0 Å². The summed E-state index contributed by atoms with van der Waals surface area (Å²) >= 11 is 5.88. The predicted molar refractivity (Wildman–Crippen MR) is 76.0 cm³/mol. The molecule has 0 bridgehead atoms. The summed E-state index contributed by atoms with van der Waals surface area (Å²) < 4.78 is 0. The summed E-state index contributed by atoms with van der Waals surface area (Å²) in [6.45, 7) is 1.90. The summed E-state index contributed by atoms with van der Waals surface area (Å²) in [7, 11) is 0. The highest BCUT2D eigenvalue weighted by Gasteiger charge is 2.12. The van der Waals surface area contributed by atoms with E-state index in [4.69, 9.17) is 17.3 Å². The lowest BCUT2D eigenvalue weighted by Gasteiger charge is -2.14. The average molecular weight is 276 g/mol. The largest absolute Gasteiger partial charge is 0.399 e. The molecule has 1 atom stereocenters. The Hall–Kier alpha value is -2.07. The van der Waals surface area contributed by atoms with Crippen molar-refractivity contribution in [2.24, 2.45) is 0 Å². The van der Waals surface area contributed by atoms with E-state index in [1.54, 1.807) is 30.6 Å². The van der Waals surface area contributed by atoms with Gasteiger partial charge in [0.05, 0.1) is 6.04 Å². The Morgan fingerprint density at radius 3 is 2.63 bits per heavy atom. The van der Waals surface area contributed by atoms with E-state index in [1.165, 1.54) is 0 Å². The first kappa shape index (κ1) is 13.4. The number of pyridine rings is 1. The maximum absolute atomic E-state index is 12.1. The number of nitrogens with one attached hydrogen (secondary N) is 1. The van der Waals surface area contributed by atoms with Gasteiger partial charge < -0.3 is 11.1 Å². The van der Waals surface area contributed by atoms with Gasteiger partial charge in [0.25, 0.3) is 5.91 Å². The van der Waals surface area contributed by atoms with Gasteiger partial charge in [-0.3, -0.25) is 9.78 Å². The molecule has 0 saturated carbocycles. The molecule has 0 aliphatic carbocycles. The Morgan fingerprint density at radius 1 is 1.32 bits per heavy atom. The first-order valence-electron chi connectivity index (χ1n) is 5.83. The summed E-state index contributed by atoms with van der Waals surface area (Å²) in [5.41, 5.74) is 7.57. The number of benzene rings is 1. The molecule has 1 unspecified atom stereocenters. The number of hydrogen-bond acceptors (Lipinski definition) is 3. The van der Waals surface area contributed by atoms with Crippen LogP contribution in [0.25, 0.3) is 0 Å². The first-order valence-corrected chi connectivity index (χ1v) is 6.21. The van der Waals surface area contributed by atoms with Gasteiger partial charge in [-0.1, -0.05) is 11.6 Å². The van der Waals surface area contributed by atoms with E-state index in [2.05, 4.69) is 10.3 Å². The Bertz CT molecular complexity index is 566. The van der Waals surface area contributed by atoms with Gasteiger partial charge in [-0.2, -0.15) is 0 Å². The smallest absolute Gasteiger partial charge is 0.251 e. The third kappa shape index (κ3) is 3.45. The van der Waals surface area contributed by atoms with Crippen LogP contribution in [0, 0.1) is 0 Å². The normalized spacial score (nSPS) is 11.9. The quantitative estimate of drug-likeness (QED) is 0.847. The van der Waals surface area contributed by atoms with Gasteiger partial charge >= 0.3 is 0 Å². The molecule has 19 heavy (non-hydrogen) atoms. The third-order valence-electron chi connectivity index (χ3n) is 2.74. The highest BCUT2D eigenvalue weighted by molar-refractivity contribution is 6.31. The number of halogens is 1. The third-order valence-corrected chi connectivity index (χ3v) is 2.95. The molecule has 0 aliphatic rings. The van der Waals surface area contributed by atoms with E-state index in [0.29, 0.717) is 16.3 Å². The van der Waals surface area contributed by atoms with Crippen LogP contribution in [0.2, 0.25) is 5.02 Å². The fraction of sp³-hybridized carbons (Fsp3) is 0.143. The van der Waals surface area contributed by atoms with E-state index < -0.39 is 0 Å². The van der Waals surface area contributed by atoms with Crippen molar-refractivity contribution in [2.45, 2.75) is 13.0 Å². The molecule has 5 heteroatoms. The minimum absolute atomic E-state index is 0.115. The van der Waals surface area contributed by atoms with Crippen LogP contribution in [0.15, 0.2) is 42.7 Å². The highest BCUT2D eigenvalue weighted by atomic mass is 35.5. The maximum atomic E-state index is 12.1. The number of aromatic nitrogens is 1. The fourth-order valence-electron chi connectivity index (χ4n) is 1.76. The molecule has 1 amide bonds. The monoisotopic (exact) mass is 275 g/mol. The minimum atomic E-state index is -0.210. The summed E-state index contributed by atoms with van der Waals surface area (Å²) in [6.07, 6.45) is 3.38. The van der Waals surface area contributed by atoms with Gasteiger partial charge in [0, 0.05) is 28.7 Å². The van der Waals surface area contributed by atoms with Crippen molar-refractivity contribution in [1.29, 1.82) is 0 Å². The van der Waals surface area contributed by atoms with E-state index in [9.17, 15) is 4.79 Å². The number of nitrogens with two attached hydrogens (primary N) is 1. The Balaban J connectivity index is 2.13. The van der Waals surface area contributed by atoms with E-state index >= 15 is 0 Å². The number of carbonyl (C=O) groups is 1. The van der Waals surface area contributed by atoms with Gasteiger partial charge in [-0.25, -0.2) is 0 Å². The number of carbonyl (C=O) groups excluding carboxylic acids is 1. The second kappa shape index (κ2) is 5.71. The number of anilines is 1. The maximum Gasteiger partial charge on any atom is 0.251 e. The van der Waals surface area contributed by atoms with E-state index in [1.807, 2.05) is 19.1 Å². The number of nitrogen functional groups attached to an aromatic ring is 1. The first-order chi connectivity index (χ1) is 9.06. The minimum Gasteiger partial charge on any atom is -0.399 e. The zero-order chi connectivity index (χ0) is 13.8. The Kier molecular flexibility index (Phi) is 4.02. The molecule has 0 fully saturated rings. The zero-order valence-electron chi connectivity index (χ0n) is 10.4. The number of nitrogens with zero attached hydrogens (tertiary/aromatic N) is 1. The van der Waals surface area contributed by atoms with E-state index in [-0.39, 0.29) is 11.9 Å². The molecule has 0 spiro atoms. The van der Waals surface area contributed by atoms with Crippen molar-refractivity contribution in [3.8, 4) is 0 Å². The van der Waals surface area contributed by atoms with Crippen LogP contribution in [0.5, 0.6) is 0 Å². The predicted octanol–water partition coefficient (Wildman–Crippen LogP) is 2.81. The van der Waals surface area contributed by atoms with Crippen molar-refractivity contribution in [3.05, 3.63) is 58.9 Å². The molecule has 3 N–H and O–H groups in total. The van der Waals surface area contributed by atoms with Gasteiger partial charge in [0.1, 0.15) is 0 Å². The van der Waals surface area contributed by atoms with Crippen LogP contribution >= 0.6 is 11.6 Å². The highest BCUT2D eigenvalue weighted by Crippen LogP contribution is 2.18. The van der Waals surface area contributed by atoms with Crippen LogP contribution in [0.1, 0.15) is 28.9 Å². The lowest BCUT2D eigenvalue weighted by atomic mass is 10.1. The second-order valence-corrected chi connectivity index (χ2v) is 4.69. The van der Waals surface area contributed by atoms with Crippen molar-refractivity contribution in [3.63, 3.8) is 0 Å². The summed E-state index contributed by atoms with van der Waals surface area (Å²) in [6, 6.07) is 8.39. The summed E-state index contributed by atoms with van der Waals surface area (Å²) in [4.78, 5) is 16.0. The van der Waals surface area contributed by atoms with E-state index in [0.717, 1.165) is 5.56 Å². The molecule has 0 radical (unpaired) electrons. The molecule has 2 aromatic rings. The van der Waals surface area contributed by atoms with Crippen molar-refractivity contribution in [1.82, 2.24) is 10.3 Å². The SMILES string of the molecule is CC(NC(=O)c1cc(N)cc(Cl)c1)c1ccncc1. The van der Waals surface area contributed by atoms with Gasteiger partial charge in [0.2, 0.25) is 0 Å². The number of amides is 1. The molecule has 0 aliphatic heterocycles. The molecule has 1 heterocycles. The molecule has 4 nitrogen and oxygen atoms in total. The van der Waals surface area contributed by atoms with Crippen LogP contribution < -0.4 is 11.1 Å². The molecule has 2 rings (SSSR count). The van der Waals surface area contributed by atoms with Crippen molar-refractivity contribution in [2.75, 3.05) is 5.73 Å². The summed E-state index contributed by atoms with van der Waals surface area (Å²) in [5, 5.41) is 3.33. The molecule has 1 aromatic heterocycles. The lowest BCUT2D eigenvalue weighted by Crippen LogP contribution is -2.26. The van der Waals surface area contributed by atoms with Crippen LogP contribution in [0.4, 0.5) is 5.69 Å². The van der Waals surface area contributed by atoms with Gasteiger partial charge in [-0.15, -0.1) is 0 Å². The van der Waals surface area contributed by atoms with Gasteiger partial charge in [-0.05, 0) is 42.8 Å².